The van der Waals surface area contributed by atoms with Crippen molar-refractivity contribution in [2.24, 2.45) is 0 Å². The standard InChI is InChI=1S/C6H8.3CH3.Pt/c1-6-4-2-3-5-6;;;;/h2,4-5H,3H2,1H3;3*1H3;. The van der Waals surface area contributed by atoms with Gasteiger partial charge in [0.1, 0.15) is 0 Å². The van der Waals surface area contributed by atoms with Crippen molar-refractivity contribution in [3.05, 3.63) is 23.8 Å². The maximum atomic E-state index is 2.32. The summed E-state index contributed by atoms with van der Waals surface area (Å²) in [7, 11) is 0. The predicted octanol–water partition coefficient (Wildman–Crippen LogP) is 3.64. The molecule has 0 saturated heterocycles. The summed E-state index contributed by atoms with van der Waals surface area (Å²) in [6.45, 7) is 2.11. The molecule has 0 nitrogen and oxygen atoms in total. The Morgan fingerprint density at radius 1 is 1.30 bits per heavy atom. The Kier molecular flexibility index (Phi) is 6.02. The Labute approximate surface area is 70.6 Å². The summed E-state index contributed by atoms with van der Waals surface area (Å²) < 4.78 is 0. The van der Waals surface area contributed by atoms with E-state index in [1.807, 2.05) is 0 Å². The molecule has 0 fully saturated rings. The third kappa shape index (κ3) is 8.17. The van der Waals surface area contributed by atoms with Gasteiger partial charge in [0, 0.05) is 0 Å². The third-order valence-corrected chi connectivity index (χ3v) is 0.957. The minimum absolute atomic E-state index is 0.269. The van der Waals surface area contributed by atoms with Crippen LogP contribution in [0.1, 0.15) is 13.3 Å². The first-order valence-corrected chi connectivity index (χ1v) is 9.99. The summed E-state index contributed by atoms with van der Waals surface area (Å²) in [5.74, 6) is 0. The summed E-state index contributed by atoms with van der Waals surface area (Å²) in [5, 5.41) is 6.97. The Bertz CT molecular complexity index is 126. The van der Waals surface area contributed by atoms with E-state index in [1.165, 1.54) is 5.57 Å². The van der Waals surface area contributed by atoms with Crippen molar-refractivity contribution < 1.29 is 17.3 Å². The first-order valence-electron chi connectivity index (χ1n) is 3.18. The molecule has 10 heavy (non-hydrogen) atoms. The van der Waals surface area contributed by atoms with Crippen molar-refractivity contribution in [3.8, 4) is 0 Å². The molecule has 0 aromatic rings. The summed E-state index contributed by atoms with van der Waals surface area (Å²) in [4.78, 5) is 0. The first-order chi connectivity index (χ1) is 4.63. The van der Waals surface area contributed by atoms with Crippen LogP contribution in [0.15, 0.2) is 23.8 Å². The normalized spacial score (nSPS) is 15.6. The predicted molar refractivity (Wildman–Crippen MR) is 45.1 cm³/mol. The number of rotatable bonds is 0. The molecule has 0 atom stereocenters. The zero-order valence-electron chi connectivity index (χ0n) is 7.26. The van der Waals surface area contributed by atoms with Crippen LogP contribution in [0.4, 0.5) is 0 Å². The first kappa shape index (κ1) is 10.2. The van der Waals surface area contributed by atoms with Gasteiger partial charge in [-0.2, -0.15) is 0 Å². The van der Waals surface area contributed by atoms with E-state index in [2.05, 4.69) is 41.1 Å². The van der Waals surface area contributed by atoms with E-state index in [-0.39, 0.29) is 17.3 Å². The second-order valence-corrected chi connectivity index (χ2v) is 9.35. The molecule has 1 aliphatic carbocycles. The van der Waals surface area contributed by atoms with Crippen LogP contribution in [-0.4, -0.2) is 0 Å². The van der Waals surface area contributed by atoms with Gasteiger partial charge in [-0.05, 0) is 13.3 Å². The van der Waals surface area contributed by atoms with E-state index >= 15 is 0 Å². The quantitative estimate of drug-likeness (QED) is 0.639. The fourth-order valence-corrected chi connectivity index (χ4v) is 0.576. The monoisotopic (exact) mass is 320 g/mol. The fourth-order valence-electron chi connectivity index (χ4n) is 0.576. The van der Waals surface area contributed by atoms with Gasteiger partial charge in [0.15, 0.2) is 0 Å². The van der Waals surface area contributed by atoms with Crippen LogP contribution in [0, 0.1) is 0 Å². The van der Waals surface area contributed by atoms with Gasteiger partial charge in [-0.25, -0.2) is 0 Å². The SMILES string of the molecule is CC1=CCC=C1.[CH3][Pt]([CH3])[CH3]. The summed E-state index contributed by atoms with van der Waals surface area (Å²) >= 11 is -0.269. The molecule has 0 bridgehead atoms. The Morgan fingerprint density at radius 3 is 1.90 bits per heavy atom. The molecule has 0 saturated carbocycles. The minimum atomic E-state index is -0.269. The van der Waals surface area contributed by atoms with Gasteiger partial charge < -0.3 is 0 Å². The van der Waals surface area contributed by atoms with Gasteiger partial charge in [0.2, 0.25) is 0 Å². The summed E-state index contributed by atoms with van der Waals surface area (Å²) in [6, 6.07) is 0. The zero-order valence-corrected chi connectivity index (χ0v) is 9.53. The van der Waals surface area contributed by atoms with E-state index in [0.717, 1.165) is 6.42 Å². The molecule has 1 aliphatic rings. The number of hydrogen-bond acceptors (Lipinski definition) is 0. The molecule has 0 aromatic carbocycles. The molecule has 63 valence electrons. The van der Waals surface area contributed by atoms with Crippen LogP contribution in [0.3, 0.4) is 0 Å². The third-order valence-electron chi connectivity index (χ3n) is 0.957. The van der Waals surface area contributed by atoms with Crippen LogP contribution < -0.4 is 0 Å². The molecule has 1 heteroatoms. The molecule has 0 aliphatic heterocycles. The number of allylic oxidation sites excluding steroid dienone is 4. The molecular weight excluding hydrogens is 303 g/mol. The van der Waals surface area contributed by atoms with Crippen LogP contribution in [-0.2, 0) is 17.3 Å². The zero-order chi connectivity index (χ0) is 7.98. The van der Waals surface area contributed by atoms with Crippen LogP contribution in [0.25, 0.3) is 0 Å². The summed E-state index contributed by atoms with van der Waals surface area (Å²) in [6.07, 6.45) is 7.65. The fraction of sp³-hybridized carbons (Fsp3) is 0.556. The molecule has 0 heterocycles. The number of hydrogen-bond donors (Lipinski definition) is 0. The van der Waals surface area contributed by atoms with Gasteiger partial charge in [0.25, 0.3) is 0 Å². The van der Waals surface area contributed by atoms with Crippen molar-refractivity contribution in [1.29, 1.82) is 0 Å². The Balaban J connectivity index is 0.000000180. The average molecular weight is 320 g/mol. The van der Waals surface area contributed by atoms with Crippen molar-refractivity contribution in [2.75, 3.05) is 0 Å². The van der Waals surface area contributed by atoms with Gasteiger partial charge in [-0.3, -0.25) is 0 Å². The Morgan fingerprint density at radius 2 is 1.80 bits per heavy atom. The molecule has 0 radical (unpaired) electrons. The van der Waals surface area contributed by atoms with Crippen LogP contribution in [0.5, 0.6) is 0 Å². The second kappa shape index (κ2) is 5.92. The van der Waals surface area contributed by atoms with Crippen LogP contribution >= 0.6 is 0 Å². The average Bonchev–Trinajstić information content (AvgIpc) is 2.15. The molecule has 0 amide bonds. The van der Waals surface area contributed by atoms with E-state index in [9.17, 15) is 0 Å². The molecule has 0 unspecified atom stereocenters. The maximum absolute atomic E-state index is 2.32. The van der Waals surface area contributed by atoms with E-state index in [0.29, 0.717) is 0 Å². The van der Waals surface area contributed by atoms with Gasteiger partial charge >= 0.3 is 33.3 Å². The molecule has 0 aromatic heterocycles. The van der Waals surface area contributed by atoms with Crippen molar-refractivity contribution in [1.82, 2.24) is 0 Å². The molecule has 0 N–H and O–H groups in total. The topological polar surface area (TPSA) is 0 Å². The van der Waals surface area contributed by atoms with Gasteiger partial charge in [-0.1, -0.05) is 23.8 Å². The molecule has 0 spiro atoms. The molecular formula is C9H17Pt. The molecule has 1 rings (SSSR count). The van der Waals surface area contributed by atoms with E-state index < -0.39 is 0 Å². The van der Waals surface area contributed by atoms with E-state index in [1.54, 1.807) is 0 Å². The van der Waals surface area contributed by atoms with E-state index in [4.69, 9.17) is 0 Å². The Hall–Kier alpha value is 0.168. The summed E-state index contributed by atoms with van der Waals surface area (Å²) in [5.41, 5.74) is 1.40. The van der Waals surface area contributed by atoms with Crippen LogP contribution in [0.2, 0.25) is 15.9 Å². The van der Waals surface area contributed by atoms with Gasteiger partial charge in [-0.15, -0.1) is 0 Å². The van der Waals surface area contributed by atoms with Crippen molar-refractivity contribution in [2.45, 2.75) is 29.3 Å². The van der Waals surface area contributed by atoms with Crippen molar-refractivity contribution >= 4 is 0 Å². The van der Waals surface area contributed by atoms with Crippen molar-refractivity contribution in [3.63, 3.8) is 0 Å². The second-order valence-electron chi connectivity index (χ2n) is 2.53. The van der Waals surface area contributed by atoms with Gasteiger partial charge in [0.05, 0.1) is 0 Å².